The van der Waals surface area contributed by atoms with E-state index in [0.717, 1.165) is 30.2 Å². The van der Waals surface area contributed by atoms with Gasteiger partial charge in [-0.1, -0.05) is 47.3 Å². The molecule has 1 aliphatic carbocycles. The number of furan rings is 1. The predicted octanol–water partition coefficient (Wildman–Crippen LogP) is 6.26. The van der Waals surface area contributed by atoms with Crippen LogP contribution in [0, 0.1) is 10.1 Å². The smallest absolute Gasteiger partial charge is 0.282 e. The molecule has 172 valence electrons. The van der Waals surface area contributed by atoms with Crippen LogP contribution in [0.3, 0.4) is 0 Å². The average molecular weight is 521 g/mol. The Morgan fingerprint density at radius 1 is 1.12 bits per heavy atom. The van der Waals surface area contributed by atoms with Crippen molar-refractivity contribution in [1.29, 1.82) is 0 Å². The fourth-order valence-corrected chi connectivity index (χ4v) is 4.79. The van der Waals surface area contributed by atoms with E-state index in [1.165, 1.54) is 23.4 Å². The first kappa shape index (κ1) is 22.2. The van der Waals surface area contributed by atoms with E-state index in [1.807, 2.05) is 12.1 Å². The van der Waals surface area contributed by atoms with E-state index in [9.17, 15) is 14.9 Å². The maximum Gasteiger partial charge on any atom is 0.282 e. The van der Waals surface area contributed by atoms with Crippen LogP contribution in [0.15, 0.2) is 73.4 Å². The van der Waals surface area contributed by atoms with Gasteiger partial charge in [-0.25, -0.2) is 4.98 Å². The quantitative estimate of drug-likeness (QED) is 0.175. The first-order valence-electron chi connectivity index (χ1n) is 11.1. The summed E-state index contributed by atoms with van der Waals surface area (Å²) in [5, 5.41) is 16.3. The molecule has 0 saturated heterocycles. The van der Waals surface area contributed by atoms with Gasteiger partial charge in [-0.2, -0.15) is 9.78 Å². The minimum atomic E-state index is -0.444. The Hall–Kier alpha value is -3.59. The van der Waals surface area contributed by atoms with Gasteiger partial charge in [0.25, 0.3) is 11.2 Å². The Labute approximate surface area is 203 Å². The number of nitro benzene ring substituents is 1. The van der Waals surface area contributed by atoms with Gasteiger partial charge in [-0.05, 0) is 49.2 Å². The van der Waals surface area contributed by atoms with Gasteiger partial charge in [0.05, 0.1) is 27.6 Å². The van der Waals surface area contributed by atoms with E-state index < -0.39 is 4.92 Å². The molecular weight excluding hydrogens is 500 g/mol. The van der Waals surface area contributed by atoms with Crippen molar-refractivity contribution in [3.8, 4) is 11.3 Å². The second-order valence-corrected chi connectivity index (χ2v) is 9.22. The number of nitrogens with zero attached hydrogens (tertiary/aromatic N) is 4. The first-order valence-corrected chi connectivity index (χ1v) is 11.9. The normalized spacial score (nSPS) is 14.7. The molecule has 0 N–H and O–H groups in total. The number of aromatic nitrogens is 2. The fraction of sp³-hybridized carbons (Fsp3) is 0.240. The van der Waals surface area contributed by atoms with Gasteiger partial charge in [-0.15, -0.1) is 0 Å². The molecule has 2 aromatic carbocycles. The van der Waals surface area contributed by atoms with Crippen molar-refractivity contribution in [2.24, 2.45) is 5.10 Å². The molecule has 0 bridgehead atoms. The van der Waals surface area contributed by atoms with E-state index >= 15 is 0 Å². The van der Waals surface area contributed by atoms with Crippen molar-refractivity contribution in [1.82, 2.24) is 9.66 Å². The van der Waals surface area contributed by atoms with Gasteiger partial charge in [0.2, 0.25) is 0 Å². The number of benzene rings is 2. The first-order chi connectivity index (χ1) is 16.5. The number of hydrogen-bond acceptors (Lipinski definition) is 6. The zero-order valence-corrected chi connectivity index (χ0v) is 19.8. The average Bonchev–Trinajstić information content (AvgIpc) is 3.33. The number of fused-ring (bicyclic) bond motifs is 1. The molecule has 0 amide bonds. The van der Waals surface area contributed by atoms with E-state index in [4.69, 9.17) is 9.40 Å². The highest BCUT2D eigenvalue weighted by Crippen LogP contribution is 2.33. The molecule has 5 rings (SSSR count). The van der Waals surface area contributed by atoms with Crippen molar-refractivity contribution in [2.75, 3.05) is 0 Å². The van der Waals surface area contributed by atoms with Gasteiger partial charge < -0.3 is 4.42 Å². The molecule has 0 unspecified atom stereocenters. The van der Waals surface area contributed by atoms with Crippen molar-refractivity contribution in [3.05, 3.63) is 91.1 Å². The van der Waals surface area contributed by atoms with Crippen molar-refractivity contribution in [3.63, 3.8) is 0 Å². The van der Waals surface area contributed by atoms with E-state index in [0.29, 0.717) is 33.8 Å². The number of rotatable bonds is 5. The highest BCUT2D eigenvalue weighted by molar-refractivity contribution is 9.10. The number of para-hydroxylation sites is 1. The molecule has 2 heterocycles. The second kappa shape index (κ2) is 9.34. The summed E-state index contributed by atoms with van der Waals surface area (Å²) in [6.07, 6.45) is 6.77. The minimum absolute atomic E-state index is 0.0413. The standard InChI is InChI=1S/C25H21BrN4O4/c26-17-10-12-21-20(14-17)25(31)29(24(28-21)16-6-2-1-3-7-16)27-15-18-11-13-23(34-18)19-8-4-5-9-22(19)30(32)33/h4-5,8-16H,1-3,6-7H2. The molecule has 0 radical (unpaired) electrons. The molecule has 1 fully saturated rings. The summed E-state index contributed by atoms with van der Waals surface area (Å²) in [7, 11) is 0. The Morgan fingerprint density at radius 3 is 2.71 bits per heavy atom. The van der Waals surface area contributed by atoms with Crippen LogP contribution in [0.2, 0.25) is 0 Å². The summed E-state index contributed by atoms with van der Waals surface area (Å²) in [5.74, 6) is 1.55. The zero-order chi connectivity index (χ0) is 23.7. The molecule has 1 saturated carbocycles. The van der Waals surface area contributed by atoms with Crippen LogP contribution in [0.1, 0.15) is 49.6 Å². The van der Waals surface area contributed by atoms with Crippen LogP contribution in [0.4, 0.5) is 5.69 Å². The van der Waals surface area contributed by atoms with E-state index in [2.05, 4.69) is 21.0 Å². The van der Waals surface area contributed by atoms with Crippen LogP contribution >= 0.6 is 15.9 Å². The van der Waals surface area contributed by atoms with E-state index in [1.54, 1.807) is 36.4 Å². The number of nitro groups is 1. The summed E-state index contributed by atoms with van der Waals surface area (Å²) in [4.78, 5) is 29.1. The summed E-state index contributed by atoms with van der Waals surface area (Å²) in [6.45, 7) is 0. The fourth-order valence-electron chi connectivity index (χ4n) is 4.43. The van der Waals surface area contributed by atoms with Crippen LogP contribution < -0.4 is 5.56 Å². The Bertz CT molecular complexity index is 1470. The third-order valence-corrected chi connectivity index (χ3v) is 6.59. The Balaban J connectivity index is 1.56. The lowest BCUT2D eigenvalue weighted by Crippen LogP contribution is -2.25. The topological polar surface area (TPSA) is 104 Å². The maximum atomic E-state index is 13.4. The molecule has 0 spiro atoms. The Morgan fingerprint density at radius 2 is 1.91 bits per heavy atom. The summed E-state index contributed by atoms with van der Waals surface area (Å²) < 4.78 is 7.98. The zero-order valence-electron chi connectivity index (χ0n) is 18.2. The van der Waals surface area contributed by atoms with Crippen molar-refractivity contribution >= 4 is 38.7 Å². The lowest BCUT2D eigenvalue weighted by Gasteiger charge is -2.22. The molecule has 8 nitrogen and oxygen atoms in total. The lowest BCUT2D eigenvalue weighted by atomic mass is 9.88. The summed E-state index contributed by atoms with van der Waals surface area (Å²) in [5.41, 5.74) is 0.746. The highest BCUT2D eigenvalue weighted by atomic mass is 79.9. The van der Waals surface area contributed by atoms with Gasteiger partial charge in [0.15, 0.2) is 0 Å². The molecular formula is C25H21BrN4O4. The molecule has 0 aliphatic heterocycles. The third-order valence-electron chi connectivity index (χ3n) is 6.10. The molecule has 2 aromatic heterocycles. The van der Waals surface area contributed by atoms with Gasteiger partial charge in [0, 0.05) is 16.5 Å². The van der Waals surface area contributed by atoms with Crippen LogP contribution in [-0.4, -0.2) is 20.8 Å². The SMILES string of the molecule is O=c1c2cc(Br)ccc2nc(C2CCCCC2)n1N=Cc1ccc(-c2ccccc2[N+](=O)[O-])o1. The predicted molar refractivity (Wildman–Crippen MR) is 133 cm³/mol. The molecule has 0 atom stereocenters. The monoisotopic (exact) mass is 520 g/mol. The largest absolute Gasteiger partial charge is 0.455 e. The maximum absolute atomic E-state index is 13.4. The van der Waals surface area contributed by atoms with Gasteiger partial charge in [0.1, 0.15) is 17.3 Å². The molecule has 9 heteroatoms. The summed E-state index contributed by atoms with van der Waals surface area (Å²) >= 11 is 3.43. The van der Waals surface area contributed by atoms with Crippen LogP contribution in [0.25, 0.3) is 22.2 Å². The number of hydrogen-bond donors (Lipinski definition) is 0. The molecule has 4 aromatic rings. The van der Waals surface area contributed by atoms with Crippen LogP contribution in [-0.2, 0) is 0 Å². The lowest BCUT2D eigenvalue weighted by molar-refractivity contribution is -0.384. The van der Waals surface area contributed by atoms with Crippen molar-refractivity contribution < 1.29 is 9.34 Å². The van der Waals surface area contributed by atoms with Crippen molar-refractivity contribution in [2.45, 2.75) is 38.0 Å². The van der Waals surface area contributed by atoms with Crippen LogP contribution in [0.5, 0.6) is 0 Å². The minimum Gasteiger partial charge on any atom is -0.455 e. The summed E-state index contributed by atoms with van der Waals surface area (Å²) in [6, 6.07) is 15.2. The van der Waals surface area contributed by atoms with E-state index in [-0.39, 0.29) is 17.2 Å². The molecule has 1 aliphatic rings. The number of halogens is 1. The van der Waals surface area contributed by atoms with Gasteiger partial charge in [-0.3, -0.25) is 14.9 Å². The third kappa shape index (κ3) is 4.31. The Kier molecular flexibility index (Phi) is 6.10. The molecule has 34 heavy (non-hydrogen) atoms. The van der Waals surface area contributed by atoms with Gasteiger partial charge >= 0.3 is 0 Å². The second-order valence-electron chi connectivity index (χ2n) is 8.30. The highest BCUT2D eigenvalue weighted by Gasteiger charge is 2.23.